The summed E-state index contributed by atoms with van der Waals surface area (Å²) in [4.78, 5) is 24.3. The van der Waals surface area contributed by atoms with Crippen molar-refractivity contribution in [3.63, 3.8) is 0 Å². The molecule has 1 N–H and O–H groups in total. The average molecular weight is 429 g/mol. The maximum absolute atomic E-state index is 11.0. The van der Waals surface area contributed by atoms with E-state index >= 15 is 0 Å². The van der Waals surface area contributed by atoms with E-state index in [0.717, 1.165) is 18.7 Å². The molecule has 0 aromatic carbocycles. The number of carbonyl (C=O) groups is 1. The number of rotatable bonds is 3. The molecule has 25 heavy (non-hydrogen) atoms. The topological polar surface area (TPSA) is 157 Å². The minimum absolute atomic E-state index is 0.204. The Morgan fingerprint density at radius 3 is 1.76 bits per heavy atom. The summed E-state index contributed by atoms with van der Waals surface area (Å²) in [5.74, 6) is -1.40. The largest absolute Gasteiger partial charge is 0.476 e. The van der Waals surface area contributed by atoms with Gasteiger partial charge in [-0.1, -0.05) is 23.2 Å². The number of hydrogen-bond donors (Lipinski definition) is 1. The molecule has 0 amide bonds. The summed E-state index contributed by atoms with van der Waals surface area (Å²) in [7, 11) is -6.92. The number of nitrogens with zero attached hydrogens (tertiary/aromatic N) is 4. The lowest BCUT2D eigenvalue weighted by Gasteiger charge is -1.99. The molecule has 0 spiro atoms. The molecule has 2 aromatic heterocycles. The fourth-order valence-electron chi connectivity index (χ4n) is 1.17. The molecule has 0 unspecified atom stereocenters. The molecule has 14 heteroatoms. The van der Waals surface area contributed by atoms with Crippen LogP contribution < -0.4 is 0 Å². The predicted molar refractivity (Wildman–Crippen MR) is 87.3 cm³/mol. The Hall–Kier alpha value is -1.89. The van der Waals surface area contributed by atoms with Crippen LogP contribution in [0.1, 0.15) is 10.5 Å². The van der Waals surface area contributed by atoms with Crippen LogP contribution in [0.15, 0.2) is 28.9 Å². The Morgan fingerprint density at radius 1 is 0.920 bits per heavy atom. The van der Waals surface area contributed by atoms with Crippen LogP contribution in [0.2, 0.25) is 10.0 Å². The van der Waals surface area contributed by atoms with Gasteiger partial charge in [0.25, 0.3) is 0 Å². The van der Waals surface area contributed by atoms with Crippen molar-refractivity contribution >= 4 is 48.8 Å². The van der Waals surface area contributed by atoms with Gasteiger partial charge in [-0.15, -0.1) is 0 Å². The summed E-state index contributed by atoms with van der Waals surface area (Å²) in [6, 6.07) is 0. The number of carboxylic acid groups (broad SMARTS) is 1. The predicted octanol–water partition coefficient (Wildman–Crippen LogP) is 0.765. The smallest absolute Gasteiger partial charge is 0.356 e. The van der Waals surface area contributed by atoms with Gasteiger partial charge in [0.05, 0.1) is 28.6 Å². The van der Waals surface area contributed by atoms with Crippen LogP contribution in [0.3, 0.4) is 0 Å². The molecule has 0 atom stereocenters. The van der Waals surface area contributed by atoms with E-state index in [-0.39, 0.29) is 10.2 Å². The van der Waals surface area contributed by atoms with Crippen LogP contribution in [0.5, 0.6) is 0 Å². The van der Waals surface area contributed by atoms with Gasteiger partial charge in [0.1, 0.15) is 0 Å². The summed E-state index contributed by atoms with van der Waals surface area (Å²) in [5.41, 5.74) is -0.526. The van der Waals surface area contributed by atoms with Crippen molar-refractivity contribution < 1.29 is 26.7 Å². The van der Waals surface area contributed by atoms with E-state index in [0.29, 0.717) is 5.02 Å². The molecule has 0 aliphatic carbocycles. The first-order valence-corrected chi connectivity index (χ1v) is 10.5. The third-order valence-corrected chi connectivity index (χ3v) is 4.39. The first kappa shape index (κ1) is 21.2. The molecule has 2 aromatic rings. The van der Waals surface area contributed by atoms with Crippen molar-refractivity contribution in [3.8, 4) is 0 Å². The van der Waals surface area contributed by atoms with Crippen LogP contribution in [-0.4, -0.2) is 60.4 Å². The zero-order valence-corrected chi connectivity index (χ0v) is 15.7. The van der Waals surface area contributed by atoms with Crippen molar-refractivity contribution in [2.24, 2.45) is 0 Å². The molecule has 136 valence electrons. The monoisotopic (exact) mass is 428 g/mol. The van der Waals surface area contributed by atoms with Crippen LogP contribution in [0.25, 0.3) is 0 Å². The molecule has 0 aliphatic heterocycles. The number of carboxylic acids is 1. The fourth-order valence-corrected chi connectivity index (χ4v) is 2.43. The Kier molecular flexibility index (Phi) is 6.76. The highest BCUT2D eigenvalue weighted by molar-refractivity contribution is 7.90. The number of sulfone groups is 2. The van der Waals surface area contributed by atoms with Crippen molar-refractivity contribution in [2.75, 3.05) is 12.5 Å². The molecular formula is C11H10Cl2N4O6S2. The van der Waals surface area contributed by atoms with Gasteiger partial charge in [0.2, 0.25) is 30.0 Å². The third-order valence-electron chi connectivity index (χ3n) is 2.18. The van der Waals surface area contributed by atoms with E-state index in [4.69, 9.17) is 28.3 Å². The molecule has 0 saturated carbocycles. The molecule has 0 saturated heterocycles. The second-order valence-corrected chi connectivity index (χ2v) is 9.05. The summed E-state index contributed by atoms with van der Waals surface area (Å²) in [5, 5.41) is 7.94. The summed E-state index contributed by atoms with van der Waals surface area (Å²) < 4.78 is 43.5. The molecule has 0 radical (unpaired) electrons. The fraction of sp³-hybridized carbons (Fsp3) is 0.182. The minimum atomic E-state index is -3.62. The lowest BCUT2D eigenvalue weighted by Crippen LogP contribution is -2.09. The van der Waals surface area contributed by atoms with Crippen molar-refractivity contribution in [1.82, 2.24) is 19.9 Å². The van der Waals surface area contributed by atoms with Crippen molar-refractivity contribution in [3.05, 3.63) is 34.3 Å². The van der Waals surface area contributed by atoms with Gasteiger partial charge >= 0.3 is 5.97 Å². The summed E-state index contributed by atoms with van der Waals surface area (Å²) in [6.45, 7) is 0. The van der Waals surface area contributed by atoms with Gasteiger partial charge in [-0.3, -0.25) is 0 Å². The lowest BCUT2D eigenvalue weighted by atomic mass is 10.4. The van der Waals surface area contributed by atoms with Gasteiger partial charge < -0.3 is 5.11 Å². The van der Waals surface area contributed by atoms with E-state index in [2.05, 4.69) is 19.9 Å². The molecule has 10 nitrogen and oxygen atoms in total. The first-order valence-electron chi connectivity index (χ1n) is 5.96. The van der Waals surface area contributed by atoms with Gasteiger partial charge in [-0.2, -0.15) is 0 Å². The van der Waals surface area contributed by atoms with Gasteiger partial charge in [-0.25, -0.2) is 41.6 Å². The second-order valence-electron chi connectivity index (χ2n) is 4.38. The minimum Gasteiger partial charge on any atom is -0.476 e. The highest BCUT2D eigenvalue weighted by Gasteiger charge is 2.17. The Balaban J connectivity index is 0.000000257. The quantitative estimate of drug-likeness (QED) is 0.691. The highest BCUT2D eigenvalue weighted by Crippen LogP contribution is 2.13. The summed E-state index contributed by atoms with van der Waals surface area (Å²) in [6.07, 6.45) is 5.34. The number of aromatic carboxylic acids is 1. The second kappa shape index (κ2) is 7.99. The number of hydrogen-bond acceptors (Lipinski definition) is 9. The maximum Gasteiger partial charge on any atom is 0.356 e. The van der Waals surface area contributed by atoms with Crippen LogP contribution >= 0.6 is 23.2 Å². The lowest BCUT2D eigenvalue weighted by molar-refractivity contribution is 0.0689. The van der Waals surface area contributed by atoms with E-state index in [9.17, 15) is 21.6 Å². The van der Waals surface area contributed by atoms with Gasteiger partial charge in [0.15, 0.2) is 5.69 Å². The van der Waals surface area contributed by atoms with E-state index < -0.39 is 36.5 Å². The third kappa shape index (κ3) is 6.49. The number of halogens is 2. The van der Waals surface area contributed by atoms with E-state index in [1.54, 1.807) is 0 Å². The average Bonchev–Trinajstić information content (AvgIpc) is 2.46. The normalized spacial score (nSPS) is 11.4. The Bertz CT molecular complexity index is 994. The first-order chi connectivity index (χ1) is 11.3. The van der Waals surface area contributed by atoms with Gasteiger partial charge in [-0.05, 0) is 0 Å². The number of aromatic nitrogens is 4. The van der Waals surface area contributed by atoms with E-state index in [1.807, 2.05) is 0 Å². The summed E-state index contributed by atoms with van der Waals surface area (Å²) >= 11 is 10.9. The maximum atomic E-state index is 11.0. The van der Waals surface area contributed by atoms with Crippen LogP contribution in [-0.2, 0) is 19.7 Å². The standard InChI is InChI=1S/C6H5ClN2O4S.C5H5ClN2O2S/c1-14(12,13)6-8-2-3(7)4(9-6)5(10)11;1-11(9,10)5-7-2-4(6)3-8-5/h2H,1H3,(H,10,11);2-3H,1H3. The Morgan fingerprint density at radius 2 is 1.36 bits per heavy atom. The highest BCUT2D eigenvalue weighted by atomic mass is 35.5. The molecular weight excluding hydrogens is 419 g/mol. The molecule has 0 aliphatic rings. The van der Waals surface area contributed by atoms with Gasteiger partial charge in [0, 0.05) is 12.5 Å². The Labute approximate surface area is 152 Å². The molecule has 0 bridgehead atoms. The van der Waals surface area contributed by atoms with Crippen molar-refractivity contribution in [2.45, 2.75) is 10.3 Å². The van der Waals surface area contributed by atoms with Crippen LogP contribution in [0.4, 0.5) is 0 Å². The van der Waals surface area contributed by atoms with E-state index in [1.165, 1.54) is 12.4 Å². The molecule has 2 heterocycles. The SMILES string of the molecule is CS(=O)(=O)c1ncc(Cl)c(C(=O)O)n1.CS(=O)(=O)c1ncc(Cl)cn1. The zero-order valence-electron chi connectivity index (χ0n) is 12.6. The van der Waals surface area contributed by atoms with Crippen LogP contribution in [0, 0.1) is 0 Å². The zero-order chi connectivity index (χ0) is 19.4. The molecule has 0 fully saturated rings. The molecule has 2 rings (SSSR count). The van der Waals surface area contributed by atoms with Crippen molar-refractivity contribution in [1.29, 1.82) is 0 Å².